The fraction of sp³-hybridized carbons (Fsp3) is 0.600. The fourth-order valence-corrected chi connectivity index (χ4v) is 2.57. The van der Waals surface area contributed by atoms with Crippen LogP contribution in [0.25, 0.3) is 0 Å². The number of alkyl halides is 2. The van der Waals surface area contributed by atoms with Gasteiger partial charge >= 0.3 is 6.61 Å². The van der Waals surface area contributed by atoms with E-state index in [2.05, 4.69) is 22.0 Å². The first-order valence-corrected chi connectivity index (χ1v) is 7.16. The van der Waals surface area contributed by atoms with Crippen molar-refractivity contribution in [1.82, 2.24) is 4.90 Å². The zero-order valence-corrected chi connectivity index (χ0v) is 12.4. The standard InChI is InChI=1S/C15H22F2N2O2/c1-19-8-3-4-11(7-9-19)18-12-5-6-13(20-2)14(10-12)21-15(16)17/h5-6,10-11,15,18H,3-4,7-9H2,1-2H3. The topological polar surface area (TPSA) is 33.7 Å². The Labute approximate surface area is 124 Å². The van der Waals surface area contributed by atoms with Crippen LogP contribution < -0.4 is 14.8 Å². The molecule has 118 valence electrons. The normalized spacial score (nSPS) is 20.1. The monoisotopic (exact) mass is 300 g/mol. The Morgan fingerprint density at radius 2 is 2.05 bits per heavy atom. The van der Waals surface area contributed by atoms with Crippen LogP contribution in [0.1, 0.15) is 19.3 Å². The third-order valence-electron chi connectivity index (χ3n) is 3.70. The van der Waals surface area contributed by atoms with Gasteiger partial charge in [-0.25, -0.2) is 0 Å². The van der Waals surface area contributed by atoms with Gasteiger partial charge in [0, 0.05) is 17.8 Å². The minimum Gasteiger partial charge on any atom is -0.493 e. The number of halogens is 2. The number of hydrogen-bond donors (Lipinski definition) is 1. The van der Waals surface area contributed by atoms with Gasteiger partial charge in [-0.3, -0.25) is 0 Å². The van der Waals surface area contributed by atoms with Gasteiger partial charge in [0.05, 0.1) is 7.11 Å². The van der Waals surface area contributed by atoms with Gasteiger partial charge in [-0.2, -0.15) is 8.78 Å². The van der Waals surface area contributed by atoms with E-state index in [0.29, 0.717) is 11.8 Å². The summed E-state index contributed by atoms with van der Waals surface area (Å²) in [4.78, 5) is 2.31. The molecule has 1 aliphatic rings. The molecule has 1 N–H and O–H groups in total. The second-order valence-electron chi connectivity index (χ2n) is 5.32. The molecule has 2 rings (SSSR count). The number of ether oxygens (including phenoxy) is 2. The number of rotatable bonds is 5. The lowest BCUT2D eigenvalue weighted by Crippen LogP contribution is -2.23. The van der Waals surface area contributed by atoms with Crippen LogP contribution in [0.5, 0.6) is 11.5 Å². The van der Waals surface area contributed by atoms with Gasteiger partial charge < -0.3 is 19.7 Å². The molecular weight excluding hydrogens is 278 g/mol. The van der Waals surface area contributed by atoms with E-state index >= 15 is 0 Å². The van der Waals surface area contributed by atoms with E-state index in [1.54, 1.807) is 12.1 Å². The second kappa shape index (κ2) is 7.45. The lowest BCUT2D eigenvalue weighted by Gasteiger charge is -2.19. The molecule has 1 unspecified atom stereocenters. The van der Waals surface area contributed by atoms with Gasteiger partial charge in [-0.05, 0) is 51.5 Å². The quantitative estimate of drug-likeness (QED) is 0.905. The number of nitrogens with zero attached hydrogens (tertiary/aromatic N) is 1. The maximum atomic E-state index is 12.4. The highest BCUT2D eigenvalue weighted by molar-refractivity contribution is 5.55. The Balaban J connectivity index is 2.05. The summed E-state index contributed by atoms with van der Waals surface area (Å²) < 4.78 is 34.4. The molecule has 1 heterocycles. The molecule has 0 saturated carbocycles. The maximum absolute atomic E-state index is 12.4. The molecule has 0 aliphatic carbocycles. The van der Waals surface area contributed by atoms with E-state index < -0.39 is 6.61 Å². The van der Waals surface area contributed by atoms with Crippen molar-refractivity contribution in [2.75, 3.05) is 32.6 Å². The minimum absolute atomic E-state index is 0.0586. The van der Waals surface area contributed by atoms with Gasteiger partial charge in [0.1, 0.15) is 0 Å². The summed E-state index contributed by atoms with van der Waals surface area (Å²) in [5.41, 5.74) is 0.779. The van der Waals surface area contributed by atoms with Crippen molar-refractivity contribution in [2.45, 2.75) is 31.9 Å². The molecule has 0 aromatic heterocycles. The van der Waals surface area contributed by atoms with Crippen LogP contribution in [0.15, 0.2) is 18.2 Å². The Kier molecular flexibility index (Phi) is 5.61. The maximum Gasteiger partial charge on any atom is 0.387 e. The first-order valence-electron chi connectivity index (χ1n) is 7.16. The largest absolute Gasteiger partial charge is 0.493 e. The zero-order valence-electron chi connectivity index (χ0n) is 12.4. The van der Waals surface area contributed by atoms with Gasteiger partial charge in [0.15, 0.2) is 11.5 Å². The van der Waals surface area contributed by atoms with Crippen molar-refractivity contribution in [3.8, 4) is 11.5 Å². The molecule has 1 saturated heterocycles. The predicted octanol–water partition coefficient (Wildman–Crippen LogP) is 3.19. The third kappa shape index (κ3) is 4.74. The molecule has 21 heavy (non-hydrogen) atoms. The fourth-order valence-electron chi connectivity index (χ4n) is 2.57. The highest BCUT2D eigenvalue weighted by Gasteiger charge is 2.16. The average Bonchev–Trinajstić information content (AvgIpc) is 2.63. The summed E-state index contributed by atoms with van der Waals surface area (Å²) in [6, 6.07) is 5.39. The highest BCUT2D eigenvalue weighted by atomic mass is 19.3. The molecule has 1 atom stereocenters. The Morgan fingerprint density at radius 3 is 2.76 bits per heavy atom. The number of benzene rings is 1. The summed E-state index contributed by atoms with van der Waals surface area (Å²) in [5, 5.41) is 3.40. The summed E-state index contributed by atoms with van der Waals surface area (Å²) in [5.74, 6) is 0.365. The number of nitrogens with one attached hydrogen (secondary N) is 1. The molecular formula is C15H22F2N2O2. The molecule has 0 radical (unpaired) electrons. The molecule has 6 heteroatoms. The van der Waals surface area contributed by atoms with Gasteiger partial charge in [0.2, 0.25) is 0 Å². The lowest BCUT2D eigenvalue weighted by molar-refractivity contribution is -0.0511. The SMILES string of the molecule is COc1ccc(NC2CCCN(C)CC2)cc1OC(F)F. The Bertz CT molecular complexity index is 457. The molecule has 0 amide bonds. The van der Waals surface area contributed by atoms with Crippen LogP contribution in [0.4, 0.5) is 14.5 Å². The van der Waals surface area contributed by atoms with Crippen molar-refractivity contribution < 1.29 is 18.3 Å². The number of methoxy groups -OCH3 is 1. The van der Waals surface area contributed by atoms with Crippen molar-refractivity contribution in [3.05, 3.63) is 18.2 Å². The lowest BCUT2D eigenvalue weighted by atomic mass is 10.1. The summed E-state index contributed by atoms with van der Waals surface area (Å²) >= 11 is 0. The molecule has 1 aromatic carbocycles. The third-order valence-corrected chi connectivity index (χ3v) is 3.70. The van der Waals surface area contributed by atoms with Gasteiger partial charge in [0.25, 0.3) is 0 Å². The van der Waals surface area contributed by atoms with E-state index in [9.17, 15) is 8.78 Å². The summed E-state index contributed by atoms with van der Waals surface area (Å²) in [6.45, 7) is -0.727. The Morgan fingerprint density at radius 1 is 1.24 bits per heavy atom. The van der Waals surface area contributed by atoms with Crippen LogP contribution in [0.2, 0.25) is 0 Å². The highest BCUT2D eigenvalue weighted by Crippen LogP contribution is 2.32. The van der Waals surface area contributed by atoms with Gasteiger partial charge in [-0.1, -0.05) is 0 Å². The van der Waals surface area contributed by atoms with Crippen LogP contribution in [-0.4, -0.2) is 44.8 Å². The first kappa shape index (κ1) is 15.8. The van der Waals surface area contributed by atoms with Crippen LogP contribution in [-0.2, 0) is 0 Å². The van der Waals surface area contributed by atoms with E-state index in [-0.39, 0.29) is 5.75 Å². The van der Waals surface area contributed by atoms with Crippen molar-refractivity contribution in [3.63, 3.8) is 0 Å². The van der Waals surface area contributed by atoms with Crippen LogP contribution in [0.3, 0.4) is 0 Å². The van der Waals surface area contributed by atoms with E-state index in [4.69, 9.17) is 4.74 Å². The van der Waals surface area contributed by atoms with Crippen LogP contribution >= 0.6 is 0 Å². The van der Waals surface area contributed by atoms with Crippen LogP contribution in [0, 0.1) is 0 Å². The van der Waals surface area contributed by atoms with Crippen molar-refractivity contribution >= 4 is 5.69 Å². The molecule has 0 bridgehead atoms. The number of hydrogen-bond acceptors (Lipinski definition) is 4. The predicted molar refractivity (Wildman–Crippen MR) is 78.4 cm³/mol. The molecule has 4 nitrogen and oxygen atoms in total. The number of anilines is 1. The minimum atomic E-state index is -2.86. The van der Waals surface area contributed by atoms with Crippen molar-refractivity contribution in [2.24, 2.45) is 0 Å². The van der Waals surface area contributed by atoms with Crippen molar-refractivity contribution in [1.29, 1.82) is 0 Å². The molecule has 1 aliphatic heterocycles. The first-order chi connectivity index (χ1) is 10.1. The second-order valence-corrected chi connectivity index (χ2v) is 5.32. The van der Waals surface area contributed by atoms with Gasteiger partial charge in [-0.15, -0.1) is 0 Å². The molecule has 1 aromatic rings. The molecule has 0 spiro atoms. The van der Waals surface area contributed by atoms with E-state index in [1.165, 1.54) is 7.11 Å². The average molecular weight is 300 g/mol. The smallest absolute Gasteiger partial charge is 0.387 e. The van der Waals surface area contributed by atoms with E-state index in [1.807, 2.05) is 6.07 Å². The summed E-state index contributed by atoms with van der Waals surface area (Å²) in [6.07, 6.45) is 3.24. The summed E-state index contributed by atoms with van der Waals surface area (Å²) in [7, 11) is 3.55. The zero-order chi connectivity index (χ0) is 15.2. The number of likely N-dealkylation sites (tertiary alicyclic amines) is 1. The Hall–Kier alpha value is -1.56. The van der Waals surface area contributed by atoms with E-state index in [0.717, 1.165) is 38.0 Å². The molecule has 1 fully saturated rings.